The first kappa shape index (κ1) is 15.7. The van der Waals surface area contributed by atoms with Gasteiger partial charge in [0.15, 0.2) is 17.5 Å². The third kappa shape index (κ3) is 4.16. The molecule has 0 atom stereocenters. The standard InChI is InChI=1S/C17H18BrN3O2/c1-19-17(20-9-12-3-2-4-14(18)7-12)21-10-13-5-6-15-16(8-13)23-11-22-15/h2-8H,9-11H2,1H3,(H2,19,20,21). The van der Waals surface area contributed by atoms with Crippen molar-refractivity contribution in [1.29, 1.82) is 0 Å². The van der Waals surface area contributed by atoms with Crippen LogP contribution in [0.1, 0.15) is 11.1 Å². The molecule has 2 aromatic carbocycles. The third-order valence-corrected chi connectivity index (χ3v) is 3.96. The van der Waals surface area contributed by atoms with Gasteiger partial charge in [0.25, 0.3) is 0 Å². The lowest BCUT2D eigenvalue weighted by molar-refractivity contribution is 0.174. The summed E-state index contributed by atoms with van der Waals surface area (Å²) in [4.78, 5) is 4.24. The average Bonchev–Trinajstić information content (AvgIpc) is 3.03. The van der Waals surface area contributed by atoms with Crippen molar-refractivity contribution in [3.05, 3.63) is 58.1 Å². The Morgan fingerprint density at radius 3 is 2.52 bits per heavy atom. The predicted octanol–water partition coefficient (Wildman–Crippen LogP) is 3.04. The maximum absolute atomic E-state index is 5.39. The largest absolute Gasteiger partial charge is 0.454 e. The Hall–Kier alpha value is -2.21. The molecule has 1 aliphatic rings. The molecule has 0 amide bonds. The Balaban J connectivity index is 1.53. The number of ether oxygens (including phenoxy) is 2. The van der Waals surface area contributed by atoms with E-state index in [-0.39, 0.29) is 0 Å². The van der Waals surface area contributed by atoms with Gasteiger partial charge in [-0.05, 0) is 35.4 Å². The molecule has 0 unspecified atom stereocenters. The highest BCUT2D eigenvalue weighted by Crippen LogP contribution is 2.32. The van der Waals surface area contributed by atoms with Crippen LogP contribution < -0.4 is 20.1 Å². The molecule has 6 heteroatoms. The molecule has 0 saturated carbocycles. The molecule has 2 aromatic rings. The molecule has 120 valence electrons. The normalized spacial score (nSPS) is 13.0. The fourth-order valence-corrected chi connectivity index (χ4v) is 2.74. The fourth-order valence-electron chi connectivity index (χ4n) is 2.29. The van der Waals surface area contributed by atoms with Gasteiger partial charge in [0.1, 0.15) is 0 Å². The van der Waals surface area contributed by atoms with Crippen LogP contribution in [0.4, 0.5) is 0 Å². The van der Waals surface area contributed by atoms with E-state index in [4.69, 9.17) is 9.47 Å². The van der Waals surface area contributed by atoms with Crippen molar-refractivity contribution in [3.63, 3.8) is 0 Å². The topological polar surface area (TPSA) is 54.9 Å². The van der Waals surface area contributed by atoms with Crippen molar-refractivity contribution < 1.29 is 9.47 Å². The Morgan fingerprint density at radius 1 is 1.04 bits per heavy atom. The molecule has 0 aromatic heterocycles. The first-order valence-electron chi connectivity index (χ1n) is 7.32. The molecule has 5 nitrogen and oxygen atoms in total. The molecule has 3 rings (SSSR count). The summed E-state index contributed by atoms with van der Waals surface area (Å²) in [5, 5.41) is 6.59. The lowest BCUT2D eigenvalue weighted by atomic mass is 10.2. The van der Waals surface area contributed by atoms with Crippen LogP contribution in [0.2, 0.25) is 0 Å². The van der Waals surface area contributed by atoms with Crippen LogP contribution in [-0.4, -0.2) is 19.8 Å². The summed E-state index contributed by atoms with van der Waals surface area (Å²) < 4.78 is 11.8. The van der Waals surface area contributed by atoms with Gasteiger partial charge >= 0.3 is 0 Å². The Bertz CT molecular complexity index is 719. The van der Waals surface area contributed by atoms with E-state index in [1.807, 2.05) is 30.3 Å². The quantitative estimate of drug-likeness (QED) is 0.636. The minimum Gasteiger partial charge on any atom is -0.454 e. The number of nitrogens with zero attached hydrogens (tertiary/aromatic N) is 1. The van der Waals surface area contributed by atoms with Crippen LogP contribution in [0, 0.1) is 0 Å². The molecule has 2 N–H and O–H groups in total. The SMILES string of the molecule is CN=C(NCc1cccc(Br)c1)NCc1ccc2c(c1)OCO2. The average molecular weight is 376 g/mol. The van der Waals surface area contributed by atoms with Crippen LogP contribution in [-0.2, 0) is 13.1 Å². The third-order valence-electron chi connectivity index (χ3n) is 3.47. The molecule has 0 radical (unpaired) electrons. The van der Waals surface area contributed by atoms with E-state index in [0.717, 1.165) is 27.5 Å². The number of guanidine groups is 1. The van der Waals surface area contributed by atoms with E-state index in [1.165, 1.54) is 5.56 Å². The van der Waals surface area contributed by atoms with E-state index in [1.54, 1.807) is 7.05 Å². The van der Waals surface area contributed by atoms with Gasteiger partial charge in [-0.25, -0.2) is 0 Å². The van der Waals surface area contributed by atoms with Crippen molar-refractivity contribution in [2.75, 3.05) is 13.8 Å². The van der Waals surface area contributed by atoms with E-state index in [2.05, 4.69) is 43.7 Å². The Labute approximate surface area is 143 Å². The van der Waals surface area contributed by atoms with Crippen LogP contribution in [0.15, 0.2) is 51.9 Å². The Kier molecular flexibility index (Phi) is 5.02. The highest BCUT2D eigenvalue weighted by molar-refractivity contribution is 9.10. The van der Waals surface area contributed by atoms with Gasteiger partial charge in [0.05, 0.1) is 0 Å². The van der Waals surface area contributed by atoms with Crippen molar-refractivity contribution in [2.24, 2.45) is 4.99 Å². The van der Waals surface area contributed by atoms with E-state index >= 15 is 0 Å². The number of hydrogen-bond donors (Lipinski definition) is 2. The van der Waals surface area contributed by atoms with Gasteiger partial charge in [0.2, 0.25) is 6.79 Å². The maximum Gasteiger partial charge on any atom is 0.231 e. The van der Waals surface area contributed by atoms with Crippen LogP contribution in [0.3, 0.4) is 0 Å². The second kappa shape index (κ2) is 7.37. The molecular weight excluding hydrogens is 358 g/mol. The zero-order chi connectivity index (χ0) is 16.1. The van der Waals surface area contributed by atoms with Crippen LogP contribution in [0.25, 0.3) is 0 Å². The first-order valence-corrected chi connectivity index (χ1v) is 8.11. The van der Waals surface area contributed by atoms with Gasteiger partial charge in [0, 0.05) is 24.6 Å². The van der Waals surface area contributed by atoms with Crippen molar-refractivity contribution in [3.8, 4) is 11.5 Å². The van der Waals surface area contributed by atoms with Crippen molar-refractivity contribution in [2.45, 2.75) is 13.1 Å². The summed E-state index contributed by atoms with van der Waals surface area (Å²) in [5.74, 6) is 2.34. The molecular formula is C17H18BrN3O2. The summed E-state index contributed by atoms with van der Waals surface area (Å²) in [6, 6.07) is 14.1. The minimum absolute atomic E-state index is 0.294. The lowest BCUT2D eigenvalue weighted by Crippen LogP contribution is -2.36. The molecule has 23 heavy (non-hydrogen) atoms. The zero-order valence-electron chi connectivity index (χ0n) is 12.8. The Morgan fingerprint density at radius 2 is 1.78 bits per heavy atom. The highest BCUT2D eigenvalue weighted by atomic mass is 79.9. The number of rotatable bonds is 4. The summed E-state index contributed by atoms with van der Waals surface area (Å²) in [5.41, 5.74) is 2.30. The van der Waals surface area contributed by atoms with Gasteiger partial charge in [-0.2, -0.15) is 0 Å². The monoisotopic (exact) mass is 375 g/mol. The molecule has 1 heterocycles. The predicted molar refractivity (Wildman–Crippen MR) is 93.7 cm³/mol. The fraction of sp³-hybridized carbons (Fsp3) is 0.235. The summed E-state index contributed by atoms with van der Waals surface area (Å²) in [6.07, 6.45) is 0. The summed E-state index contributed by atoms with van der Waals surface area (Å²) in [6.45, 7) is 1.66. The highest BCUT2D eigenvalue weighted by Gasteiger charge is 2.13. The maximum atomic E-state index is 5.39. The molecule has 0 fully saturated rings. The number of aliphatic imine (C=N–C) groups is 1. The van der Waals surface area contributed by atoms with Crippen molar-refractivity contribution in [1.82, 2.24) is 10.6 Å². The lowest BCUT2D eigenvalue weighted by Gasteiger charge is -2.12. The number of halogens is 1. The van der Waals surface area contributed by atoms with Crippen LogP contribution >= 0.6 is 15.9 Å². The van der Waals surface area contributed by atoms with Gasteiger partial charge in [-0.15, -0.1) is 0 Å². The number of fused-ring (bicyclic) bond motifs is 1. The van der Waals surface area contributed by atoms with Gasteiger partial charge in [-0.1, -0.05) is 34.1 Å². The van der Waals surface area contributed by atoms with E-state index in [0.29, 0.717) is 19.9 Å². The van der Waals surface area contributed by atoms with E-state index < -0.39 is 0 Å². The van der Waals surface area contributed by atoms with Gasteiger partial charge < -0.3 is 20.1 Å². The second-order valence-corrected chi connectivity index (χ2v) is 6.01. The summed E-state index contributed by atoms with van der Waals surface area (Å²) in [7, 11) is 1.76. The van der Waals surface area contributed by atoms with Crippen LogP contribution in [0.5, 0.6) is 11.5 Å². The number of benzene rings is 2. The smallest absolute Gasteiger partial charge is 0.231 e. The second-order valence-electron chi connectivity index (χ2n) is 5.10. The molecule has 0 aliphatic carbocycles. The zero-order valence-corrected chi connectivity index (χ0v) is 14.4. The number of nitrogens with one attached hydrogen (secondary N) is 2. The van der Waals surface area contributed by atoms with Crippen molar-refractivity contribution >= 4 is 21.9 Å². The number of hydrogen-bond acceptors (Lipinski definition) is 3. The first-order chi connectivity index (χ1) is 11.2. The summed E-state index contributed by atoms with van der Waals surface area (Å²) >= 11 is 3.48. The van der Waals surface area contributed by atoms with Gasteiger partial charge in [-0.3, -0.25) is 4.99 Å². The minimum atomic E-state index is 0.294. The molecule has 1 aliphatic heterocycles. The van der Waals surface area contributed by atoms with E-state index in [9.17, 15) is 0 Å². The molecule has 0 bridgehead atoms. The molecule has 0 saturated heterocycles. The molecule has 0 spiro atoms.